The van der Waals surface area contributed by atoms with Crippen LogP contribution >= 0.6 is 11.6 Å². The lowest BCUT2D eigenvalue weighted by atomic mass is 10.1. The van der Waals surface area contributed by atoms with Gasteiger partial charge in [-0.15, -0.1) is 0 Å². The molecule has 4 rings (SSSR count). The Morgan fingerprint density at radius 2 is 1.68 bits per heavy atom. The van der Waals surface area contributed by atoms with Crippen LogP contribution in [0.5, 0.6) is 5.75 Å². The number of nitrogens with one attached hydrogen (secondary N) is 1. The van der Waals surface area contributed by atoms with E-state index < -0.39 is 6.10 Å². The summed E-state index contributed by atoms with van der Waals surface area (Å²) in [5, 5.41) is 3.60. The summed E-state index contributed by atoms with van der Waals surface area (Å²) in [4.78, 5) is 25.8. The summed E-state index contributed by atoms with van der Waals surface area (Å²) in [5.41, 5.74) is 1.53. The largest absolute Gasteiger partial charge is 0.473 e. The van der Waals surface area contributed by atoms with Crippen LogP contribution in [0.15, 0.2) is 88.1 Å². The number of fused-ring (bicyclic) bond motifs is 1. The van der Waals surface area contributed by atoms with E-state index in [-0.39, 0.29) is 22.8 Å². The molecular formula is C25H20ClNO4. The molecule has 0 bridgehead atoms. The number of carbonyl (C=O) groups is 1. The maximum absolute atomic E-state index is 13.2. The number of benzene rings is 3. The molecule has 0 aliphatic rings. The predicted molar refractivity (Wildman–Crippen MR) is 121 cm³/mol. The van der Waals surface area contributed by atoms with E-state index in [1.54, 1.807) is 55.5 Å². The smallest absolute Gasteiger partial charge is 0.261 e. The molecule has 1 unspecified atom stereocenters. The molecule has 6 heteroatoms. The van der Waals surface area contributed by atoms with Crippen molar-refractivity contribution < 1.29 is 13.9 Å². The van der Waals surface area contributed by atoms with Crippen molar-refractivity contribution in [1.29, 1.82) is 0 Å². The molecule has 3 aromatic carbocycles. The molecule has 0 aliphatic heterocycles. The zero-order valence-electron chi connectivity index (χ0n) is 16.8. The Labute approximate surface area is 184 Å². The van der Waals surface area contributed by atoms with Gasteiger partial charge < -0.3 is 14.5 Å². The van der Waals surface area contributed by atoms with Crippen molar-refractivity contribution in [2.75, 3.05) is 0 Å². The first-order valence-corrected chi connectivity index (χ1v) is 10.2. The van der Waals surface area contributed by atoms with E-state index in [2.05, 4.69) is 5.32 Å². The van der Waals surface area contributed by atoms with Gasteiger partial charge in [0.05, 0.1) is 10.4 Å². The van der Waals surface area contributed by atoms with Crippen molar-refractivity contribution in [3.05, 3.63) is 99.7 Å². The van der Waals surface area contributed by atoms with Gasteiger partial charge in [0.15, 0.2) is 11.9 Å². The van der Waals surface area contributed by atoms with Gasteiger partial charge >= 0.3 is 0 Å². The van der Waals surface area contributed by atoms with Gasteiger partial charge in [-0.2, -0.15) is 0 Å². The Balaban J connectivity index is 1.68. The van der Waals surface area contributed by atoms with Gasteiger partial charge in [0, 0.05) is 12.1 Å². The average molecular weight is 434 g/mol. The second-order valence-corrected chi connectivity index (χ2v) is 7.44. The third kappa shape index (κ3) is 4.47. The zero-order valence-corrected chi connectivity index (χ0v) is 17.6. The van der Waals surface area contributed by atoms with Crippen LogP contribution in [0.4, 0.5) is 0 Å². The normalized spacial score (nSPS) is 11.8. The van der Waals surface area contributed by atoms with E-state index in [9.17, 15) is 9.59 Å². The number of carbonyl (C=O) groups excluding carboxylic acids is 1. The highest BCUT2D eigenvalue weighted by Crippen LogP contribution is 2.35. The molecule has 1 amide bonds. The Hall–Kier alpha value is -3.57. The lowest BCUT2D eigenvalue weighted by Crippen LogP contribution is -2.36. The SMILES string of the molecule is CC(Oc1c(-c2ccccc2Cl)oc2ccccc2c1=O)C(=O)NCc1ccccc1. The van der Waals surface area contributed by atoms with Crippen molar-refractivity contribution in [3.63, 3.8) is 0 Å². The number of amides is 1. The predicted octanol–water partition coefficient (Wildman–Crippen LogP) is 5.20. The molecule has 1 aromatic heterocycles. The van der Waals surface area contributed by atoms with E-state index in [4.69, 9.17) is 20.8 Å². The Morgan fingerprint density at radius 1 is 1.00 bits per heavy atom. The molecule has 4 aromatic rings. The summed E-state index contributed by atoms with van der Waals surface area (Å²) in [6.07, 6.45) is -0.922. The highest BCUT2D eigenvalue weighted by atomic mass is 35.5. The van der Waals surface area contributed by atoms with E-state index in [0.717, 1.165) is 5.56 Å². The molecule has 0 aliphatic carbocycles. The molecule has 0 spiro atoms. The van der Waals surface area contributed by atoms with Gasteiger partial charge in [-0.1, -0.05) is 66.2 Å². The van der Waals surface area contributed by atoms with Crippen LogP contribution in [0.2, 0.25) is 5.02 Å². The minimum absolute atomic E-state index is 0.0471. The van der Waals surface area contributed by atoms with Crippen LogP contribution in [0.25, 0.3) is 22.3 Å². The second kappa shape index (κ2) is 9.06. The molecule has 0 saturated heterocycles. The Kier molecular flexibility index (Phi) is 6.05. The number of rotatable bonds is 6. The molecule has 0 saturated carbocycles. The molecule has 1 atom stereocenters. The third-order valence-corrected chi connectivity index (χ3v) is 5.18. The minimum atomic E-state index is -0.922. The van der Waals surface area contributed by atoms with E-state index in [0.29, 0.717) is 28.1 Å². The van der Waals surface area contributed by atoms with Gasteiger partial charge in [-0.25, -0.2) is 0 Å². The summed E-state index contributed by atoms with van der Waals surface area (Å²) in [6.45, 7) is 1.95. The first-order valence-electron chi connectivity index (χ1n) is 9.83. The summed E-state index contributed by atoms with van der Waals surface area (Å²) >= 11 is 6.35. The number of hydrogen-bond donors (Lipinski definition) is 1. The monoisotopic (exact) mass is 433 g/mol. The molecule has 5 nitrogen and oxygen atoms in total. The summed E-state index contributed by atoms with van der Waals surface area (Å²) in [6, 6.07) is 23.4. The number of para-hydroxylation sites is 1. The topological polar surface area (TPSA) is 68.5 Å². The fourth-order valence-electron chi connectivity index (χ4n) is 3.21. The summed E-state index contributed by atoms with van der Waals surface area (Å²) < 4.78 is 11.9. The van der Waals surface area contributed by atoms with Crippen molar-refractivity contribution in [1.82, 2.24) is 5.32 Å². The maximum atomic E-state index is 13.2. The number of hydrogen-bond acceptors (Lipinski definition) is 4. The lowest BCUT2D eigenvalue weighted by Gasteiger charge is -2.17. The Bertz CT molecular complexity index is 1280. The fourth-order valence-corrected chi connectivity index (χ4v) is 3.44. The van der Waals surface area contributed by atoms with E-state index >= 15 is 0 Å². The van der Waals surface area contributed by atoms with Gasteiger partial charge in [-0.3, -0.25) is 9.59 Å². The Morgan fingerprint density at radius 3 is 2.45 bits per heavy atom. The van der Waals surface area contributed by atoms with Crippen molar-refractivity contribution >= 4 is 28.5 Å². The van der Waals surface area contributed by atoms with Crippen LogP contribution in [0.1, 0.15) is 12.5 Å². The highest BCUT2D eigenvalue weighted by Gasteiger charge is 2.23. The van der Waals surface area contributed by atoms with Gasteiger partial charge in [0.2, 0.25) is 11.2 Å². The van der Waals surface area contributed by atoms with Crippen molar-refractivity contribution in [3.8, 4) is 17.1 Å². The van der Waals surface area contributed by atoms with Crippen LogP contribution < -0.4 is 15.5 Å². The summed E-state index contributed by atoms with van der Waals surface area (Å²) in [7, 11) is 0. The van der Waals surface area contributed by atoms with Crippen molar-refractivity contribution in [2.45, 2.75) is 19.6 Å². The molecule has 1 N–H and O–H groups in total. The number of halogens is 1. The first kappa shape index (κ1) is 20.7. The van der Waals surface area contributed by atoms with Crippen LogP contribution in [0.3, 0.4) is 0 Å². The highest BCUT2D eigenvalue weighted by molar-refractivity contribution is 6.33. The molecular weight excluding hydrogens is 414 g/mol. The van der Waals surface area contributed by atoms with Gasteiger partial charge in [0.25, 0.3) is 5.91 Å². The fraction of sp³-hybridized carbons (Fsp3) is 0.120. The first-order chi connectivity index (χ1) is 15.0. The van der Waals surface area contributed by atoms with Gasteiger partial charge in [0.1, 0.15) is 5.58 Å². The van der Waals surface area contributed by atoms with E-state index in [1.807, 2.05) is 30.3 Å². The van der Waals surface area contributed by atoms with Crippen LogP contribution in [-0.4, -0.2) is 12.0 Å². The lowest BCUT2D eigenvalue weighted by molar-refractivity contribution is -0.127. The summed E-state index contributed by atoms with van der Waals surface area (Å²) in [5.74, 6) is -0.201. The maximum Gasteiger partial charge on any atom is 0.261 e. The third-order valence-electron chi connectivity index (χ3n) is 4.85. The zero-order chi connectivity index (χ0) is 21.8. The van der Waals surface area contributed by atoms with Crippen LogP contribution in [-0.2, 0) is 11.3 Å². The average Bonchev–Trinajstić information content (AvgIpc) is 2.80. The van der Waals surface area contributed by atoms with E-state index in [1.165, 1.54) is 0 Å². The molecule has 31 heavy (non-hydrogen) atoms. The quantitative estimate of drug-likeness (QED) is 0.454. The standard InChI is InChI=1S/C25H20ClNO4/c1-16(25(29)27-15-17-9-3-2-4-10-17)30-24-22(28)19-12-6-8-14-21(19)31-23(24)18-11-5-7-13-20(18)26/h2-14,16H,15H2,1H3,(H,27,29). The molecule has 0 radical (unpaired) electrons. The molecule has 156 valence electrons. The number of ether oxygens (including phenoxy) is 1. The van der Waals surface area contributed by atoms with Gasteiger partial charge in [-0.05, 0) is 36.8 Å². The van der Waals surface area contributed by atoms with Crippen molar-refractivity contribution in [2.24, 2.45) is 0 Å². The molecule has 1 heterocycles. The second-order valence-electron chi connectivity index (χ2n) is 7.03. The minimum Gasteiger partial charge on any atom is -0.473 e. The molecule has 0 fully saturated rings. The van der Waals surface area contributed by atoms with Crippen LogP contribution in [0, 0.1) is 0 Å².